The van der Waals surface area contributed by atoms with Crippen molar-refractivity contribution in [1.82, 2.24) is 15.3 Å². The Labute approximate surface area is 107 Å². The van der Waals surface area contributed by atoms with Crippen molar-refractivity contribution in [2.24, 2.45) is 5.92 Å². The van der Waals surface area contributed by atoms with Crippen molar-refractivity contribution in [3.05, 3.63) is 18.0 Å². The van der Waals surface area contributed by atoms with E-state index < -0.39 is 12.0 Å². The van der Waals surface area contributed by atoms with E-state index in [2.05, 4.69) is 20.6 Å². The second-order valence-electron chi connectivity index (χ2n) is 4.57. The molecule has 0 bridgehead atoms. The third-order valence-corrected chi connectivity index (χ3v) is 2.49. The van der Waals surface area contributed by atoms with Gasteiger partial charge in [-0.25, -0.2) is 9.97 Å². The molecule has 0 spiro atoms. The van der Waals surface area contributed by atoms with Crippen LogP contribution in [0.25, 0.3) is 0 Å². The van der Waals surface area contributed by atoms with Crippen molar-refractivity contribution in [2.75, 3.05) is 12.4 Å². The van der Waals surface area contributed by atoms with Gasteiger partial charge in [0, 0.05) is 31.5 Å². The molecule has 6 nitrogen and oxygen atoms in total. The quantitative estimate of drug-likeness (QED) is 0.674. The summed E-state index contributed by atoms with van der Waals surface area (Å²) in [5.41, 5.74) is 0.865. The summed E-state index contributed by atoms with van der Waals surface area (Å²) >= 11 is 0. The third-order valence-electron chi connectivity index (χ3n) is 2.49. The minimum Gasteiger partial charge on any atom is -0.480 e. The van der Waals surface area contributed by atoms with Gasteiger partial charge in [0.2, 0.25) is 5.95 Å². The minimum atomic E-state index is -0.823. The van der Waals surface area contributed by atoms with Gasteiger partial charge in [0.1, 0.15) is 6.04 Å². The number of aliphatic carboxylic acids is 1. The van der Waals surface area contributed by atoms with Crippen LogP contribution in [-0.4, -0.2) is 34.1 Å². The van der Waals surface area contributed by atoms with E-state index in [1.165, 1.54) is 0 Å². The summed E-state index contributed by atoms with van der Waals surface area (Å²) in [6.07, 6.45) is 3.96. The van der Waals surface area contributed by atoms with E-state index in [-0.39, 0.29) is 0 Å². The smallest absolute Gasteiger partial charge is 0.320 e. The molecule has 1 aromatic heterocycles. The molecular formula is C12H20N4O2. The second kappa shape index (κ2) is 6.90. The fourth-order valence-electron chi connectivity index (χ4n) is 1.56. The average Bonchev–Trinajstić information content (AvgIpc) is 2.34. The number of rotatable bonds is 7. The van der Waals surface area contributed by atoms with E-state index in [0.29, 0.717) is 24.8 Å². The van der Waals surface area contributed by atoms with Crippen LogP contribution >= 0.6 is 0 Å². The molecule has 0 amide bonds. The van der Waals surface area contributed by atoms with Crippen molar-refractivity contribution >= 4 is 11.9 Å². The fourth-order valence-corrected chi connectivity index (χ4v) is 1.56. The predicted octanol–water partition coefficient (Wildman–Crippen LogP) is 1.11. The number of anilines is 1. The molecule has 1 aromatic rings. The molecule has 0 aliphatic rings. The summed E-state index contributed by atoms with van der Waals surface area (Å²) in [7, 11) is 1.75. The van der Waals surface area contributed by atoms with Crippen LogP contribution in [0.3, 0.4) is 0 Å². The standard InChI is InChI=1S/C12H20N4O2/c1-8(2)4-10(11(17)18)14-5-9-6-15-12(13-3)16-7-9/h6-8,10,14H,4-5H2,1-3H3,(H,17,18)(H,13,15,16)/t10-/m0/s1. The van der Waals surface area contributed by atoms with Crippen molar-refractivity contribution in [3.8, 4) is 0 Å². The molecule has 18 heavy (non-hydrogen) atoms. The molecule has 3 N–H and O–H groups in total. The van der Waals surface area contributed by atoms with E-state index in [1.807, 2.05) is 13.8 Å². The number of hydrogen-bond acceptors (Lipinski definition) is 5. The monoisotopic (exact) mass is 252 g/mol. The predicted molar refractivity (Wildman–Crippen MR) is 69.3 cm³/mol. The van der Waals surface area contributed by atoms with E-state index >= 15 is 0 Å². The number of nitrogens with one attached hydrogen (secondary N) is 2. The highest BCUT2D eigenvalue weighted by molar-refractivity contribution is 5.73. The lowest BCUT2D eigenvalue weighted by atomic mass is 10.0. The number of carboxylic acids is 1. The Kier molecular flexibility index (Phi) is 5.51. The Bertz CT molecular complexity index is 378. The van der Waals surface area contributed by atoms with Crippen LogP contribution in [0.15, 0.2) is 12.4 Å². The topological polar surface area (TPSA) is 87.1 Å². The van der Waals surface area contributed by atoms with Crippen LogP contribution < -0.4 is 10.6 Å². The van der Waals surface area contributed by atoms with Crippen LogP contribution in [0.5, 0.6) is 0 Å². The lowest BCUT2D eigenvalue weighted by Crippen LogP contribution is -2.37. The van der Waals surface area contributed by atoms with Gasteiger partial charge in [0.25, 0.3) is 0 Å². The molecule has 100 valence electrons. The van der Waals surface area contributed by atoms with E-state index in [0.717, 1.165) is 5.56 Å². The third kappa shape index (κ3) is 4.67. The highest BCUT2D eigenvalue weighted by atomic mass is 16.4. The Morgan fingerprint density at radius 2 is 2.00 bits per heavy atom. The molecule has 1 rings (SSSR count). The molecule has 6 heteroatoms. The van der Waals surface area contributed by atoms with Crippen LogP contribution in [0, 0.1) is 5.92 Å². The number of aromatic nitrogens is 2. The number of nitrogens with zero attached hydrogens (tertiary/aromatic N) is 2. The van der Waals surface area contributed by atoms with Crippen LogP contribution in [0.1, 0.15) is 25.8 Å². The maximum absolute atomic E-state index is 11.1. The summed E-state index contributed by atoms with van der Waals surface area (Å²) < 4.78 is 0. The zero-order valence-corrected chi connectivity index (χ0v) is 11.0. The van der Waals surface area contributed by atoms with E-state index in [1.54, 1.807) is 19.4 Å². The largest absolute Gasteiger partial charge is 0.480 e. The number of hydrogen-bond donors (Lipinski definition) is 3. The van der Waals surface area contributed by atoms with Crippen LogP contribution in [-0.2, 0) is 11.3 Å². The first-order chi connectivity index (χ1) is 8.52. The summed E-state index contributed by atoms with van der Waals surface area (Å²) in [5.74, 6) is 0.0636. The molecule has 0 aromatic carbocycles. The zero-order valence-electron chi connectivity index (χ0n) is 11.0. The highest BCUT2D eigenvalue weighted by Crippen LogP contribution is 2.06. The summed E-state index contributed by atoms with van der Waals surface area (Å²) in [4.78, 5) is 19.2. The first-order valence-electron chi connectivity index (χ1n) is 5.97. The first kappa shape index (κ1) is 14.4. The average molecular weight is 252 g/mol. The Morgan fingerprint density at radius 1 is 1.39 bits per heavy atom. The Hall–Kier alpha value is -1.69. The van der Waals surface area contributed by atoms with Gasteiger partial charge in [0.15, 0.2) is 0 Å². The van der Waals surface area contributed by atoms with Gasteiger partial charge in [-0.15, -0.1) is 0 Å². The molecule has 0 fully saturated rings. The Morgan fingerprint density at radius 3 is 2.44 bits per heavy atom. The molecule has 0 unspecified atom stereocenters. The number of carbonyl (C=O) groups is 1. The minimum absolute atomic E-state index is 0.335. The highest BCUT2D eigenvalue weighted by Gasteiger charge is 2.17. The summed E-state index contributed by atoms with van der Waals surface area (Å²) in [5, 5.41) is 14.9. The Balaban J connectivity index is 2.52. The lowest BCUT2D eigenvalue weighted by Gasteiger charge is -2.16. The lowest BCUT2D eigenvalue weighted by molar-refractivity contribution is -0.140. The van der Waals surface area contributed by atoms with Gasteiger partial charge >= 0.3 is 5.97 Å². The van der Waals surface area contributed by atoms with Gasteiger partial charge in [-0.05, 0) is 12.3 Å². The SMILES string of the molecule is CNc1ncc(CN[C@@H](CC(C)C)C(=O)O)cn1. The number of carboxylic acid groups (broad SMARTS) is 1. The van der Waals surface area contributed by atoms with Gasteiger partial charge in [-0.3, -0.25) is 4.79 Å². The molecule has 0 saturated carbocycles. The summed E-state index contributed by atoms with van der Waals surface area (Å²) in [6.45, 7) is 4.46. The molecule has 0 aliphatic carbocycles. The van der Waals surface area contributed by atoms with Crippen LogP contribution in [0.2, 0.25) is 0 Å². The van der Waals surface area contributed by atoms with Crippen molar-refractivity contribution in [3.63, 3.8) is 0 Å². The van der Waals surface area contributed by atoms with Crippen molar-refractivity contribution in [1.29, 1.82) is 0 Å². The first-order valence-corrected chi connectivity index (χ1v) is 5.97. The van der Waals surface area contributed by atoms with Gasteiger partial charge in [0.05, 0.1) is 0 Å². The molecule has 1 heterocycles. The zero-order chi connectivity index (χ0) is 13.5. The molecule has 0 radical (unpaired) electrons. The molecule has 1 atom stereocenters. The van der Waals surface area contributed by atoms with Crippen molar-refractivity contribution < 1.29 is 9.90 Å². The molecule has 0 saturated heterocycles. The van der Waals surface area contributed by atoms with E-state index in [9.17, 15) is 4.79 Å². The van der Waals surface area contributed by atoms with Gasteiger partial charge in [-0.2, -0.15) is 0 Å². The maximum atomic E-state index is 11.1. The normalized spacial score (nSPS) is 12.4. The fraction of sp³-hybridized carbons (Fsp3) is 0.583. The maximum Gasteiger partial charge on any atom is 0.320 e. The molecular weight excluding hydrogens is 232 g/mol. The van der Waals surface area contributed by atoms with Gasteiger partial charge in [-0.1, -0.05) is 13.8 Å². The second-order valence-corrected chi connectivity index (χ2v) is 4.57. The van der Waals surface area contributed by atoms with Gasteiger partial charge < -0.3 is 15.7 Å². The van der Waals surface area contributed by atoms with E-state index in [4.69, 9.17) is 5.11 Å². The molecule has 0 aliphatic heterocycles. The van der Waals surface area contributed by atoms with Crippen molar-refractivity contribution in [2.45, 2.75) is 32.9 Å². The van der Waals surface area contributed by atoms with Crippen LogP contribution in [0.4, 0.5) is 5.95 Å². The summed E-state index contributed by atoms with van der Waals surface area (Å²) in [6, 6.07) is -0.533.